The number of rotatable bonds is 6. The van der Waals surface area contributed by atoms with Gasteiger partial charge < -0.3 is 10.1 Å². The van der Waals surface area contributed by atoms with Gasteiger partial charge in [0, 0.05) is 17.7 Å². The van der Waals surface area contributed by atoms with Crippen molar-refractivity contribution in [2.24, 2.45) is 0 Å². The van der Waals surface area contributed by atoms with Crippen molar-refractivity contribution >= 4 is 17.7 Å². The van der Waals surface area contributed by atoms with Crippen LogP contribution in [-0.2, 0) is 16.1 Å². The van der Waals surface area contributed by atoms with Crippen molar-refractivity contribution < 1.29 is 13.9 Å². The molecule has 0 saturated carbocycles. The van der Waals surface area contributed by atoms with E-state index in [0.717, 1.165) is 25.0 Å². The third-order valence-corrected chi connectivity index (χ3v) is 5.04. The van der Waals surface area contributed by atoms with Crippen molar-refractivity contribution in [1.29, 1.82) is 0 Å². The third kappa shape index (κ3) is 5.52. The Balaban J connectivity index is 1.80. The zero-order valence-electron chi connectivity index (χ0n) is 15.9. The molecular formula is C19H25FN4O2S. The molecule has 8 heteroatoms. The van der Waals surface area contributed by atoms with Gasteiger partial charge in [-0.1, -0.05) is 11.8 Å². The lowest BCUT2D eigenvalue weighted by molar-refractivity contribution is -0.119. The van der Waals surface area contributed by atoms with Gasteiger partial charge in [-0.25, -0.2) is 4.39 Å². The van der Waals surface area contributed by atoms with Crippen molar-refractivity contribution in [2.75, 3.05) is 12.4 Å². The summed E-state index contributed by atoms with van der Waals surface area (Å²) in [6, 6.07) is 6.19. The van der Waals surface area contributed by atoms with Gasteiger partial charge in [0.15, 0.2) is 11.0 Å². The molecule has 2 heterocycles. The molecule has 1 atom stereocenters. The standard InChI is InChI=1S/C19H25FN4O2S/c1-19(2,3)21-16(25)12-27-18-23-22-17(13-6-8-14(20)9-7-13)24(18)11-15-5-4-10-26-15/h6-9,15H,4-5,10-12H2,1-3H3,(H,21,25). The summed E-state index contributed by atoms with van der Waals surface area (Å²) in [5, 5.41) is 12.2. The van der Waals surface area contributed by atoms with Gasteiger partial charge in [0.05, 0.1) is 18.4 Å². The molecule has 1 saturated heterocycles. The number of nitrogens with one attached hydrogen (secondary N) is 1. The van der Waals surface area contributed by atoms with Crippen LogP contribution in [0.2, 0.25) is 0 Å². The lowest BCUT2D eigenvalue weighted by Crippen LogP contribution is -2.41. The molecule has 3 rings (SSSR count). The Labute approximate surface area is 162 Å². The highest BCUT2D eigenvalue weighted by Gasteiger charge is 2.23. The minimum absolute atomic E-state index is 0.0532. The monoisotopic (exact) mass is 392 g/mol. The number of carbonyl (C=O) groups excluding carboxylic acids is 1. The molecule has 27 heavy (non-hydrogen) atoms. The van der Waals surface area contributed by atoms with Crippen LogP contribution in [0.15, 0.2) is 29.4 Å². The topological polar surface area (TPSA) is 69.0 Å². The van der Waals surface area contributed by atoms with E-state index in [4.69, 9.17) is 4.74 Å². The maximum Gasteiger partial charge on any atom is 0.230 e. The second-order valence-electron chi connectivity index (χ2n) is 7.65. The van der Waals surface area contributed by atoms with E-state index in [2.05, 4.69) is 15.5 Å². The van der Waals surface area contributed by atoms with Crippen LogP contribution in [0.3, 0.4) is 0 Å². The Morgan fingerprint density at radius 2 is 2.07 bits per heavy atom. The van der Waals surface area contributed by atoms with Gasteiger partial charge in [0.25, 0.3) is 0 Å². The normalized spacial score (nSPS) is 17.3. The maximum atomic E-state index is 13.3. The molecule has 2 aromatic rings. The zero-order valence-corrected chi connectivity index (χ0v) is 16.7. The van der Waals surface area contributed by atoms with E-state index in [9.17, 15) is 9.18 Å². The number of nitrogens with zero attached hydrogens (tertiary/aromatic N) is 3. The number of carbonyl (C=O) groups is 1. The predicted molar refractivity (Wildman–Crippen MR) is 103 cm³/mol. The summed E-state index contributed by atoms with van der Waals surface area (Å²) in [6.45, 7) is 7.21. The van der Waals surface area contributed by atoms with Gasteiger partial charge >= 0.3 is 0 Å². The summed E-state index contributed by atoms with van der Waals surface area (Å²) in [7, 11) is 0. The second kappa shape index (κ2) is 8.39. The Morgan fingerprint density at radius 3 is 2.70 bits per heavy atom. The molecule has 1 aliphatic heterocycles. The second-order valence-corrected chi connectivity index (χ2v) is 8.59. The summed E-state index contributed by atoms with van der Waals surface area (Å²) < 4.78 is 21.0. The lowest BCUT2D eigenvalue weighted by Gasteiger charge is -2.20. The van der Waals surface area contributed by atoms with Crippen molar-refractivity contribution in [3.05, 3.63) is 30.1 Å². The first-order chi connectivity index (χ1) is 12.8. The lowest BCUT2D eigenvalue weighted by atomic mass is 10.1. The summed E-state index contributed by atoms with van der Waals surface area (Å²) in [5.41, 5.74) is 0.510. The average molecular weight is 393 g/mol. The van der Waals surface area contributed by atoms with Crippen molar-refractivity contribution in [1.82, 2.24) is 20.1 Å². The number of halogens is 1. The highest BCUT2D eigenvalue weighted by Crippen LogP contribution is 2.26. The van der Waals surface area contributed by atoms with Crippen molar-refractivity contribution in [3.63, 3.8) is 0 Å². The molecule has 0 spiro atoms. The third-order valence-electron chi connectivity index (χ3n) is 4.08. The van der Waals surface area contributed by atoms with E-state index in [1.54, 1.807) is 12.1 Å². The Hall–Kier alpha value is -1.93. The smallest absolute Gasteiger partial charge is 0.230 e. The number of hydrogen-bond donors (Lipinski definition) is 1. The van der Waals surface area contributed by atoms with Gasteiger partial charge in [-0.3, -0.25) is 9.36 Å². The average Bonchev–Trinajstić information content (AvgIpc) is 3.23. The highest BCUT2D eigenvalue weighted by atomic mass is 32.2. The zero-order chi connectivity index (χ0) is 19.4. The summed E-state index contributed by atoms with van der Waals surface area (Å²) in [4.78, 5) is 12.1. The highest BCUT2D eigenvalue weighted by molar-refractivity contribution is 7.99. The number of hydrogen-bond acceptors (Lipinski definition) is 5. The molecule has 146 valence electrons. The van der Waals surface area contributed by atoms with Crippen LogP contribution in [0.25, 0.3) is 11.4 Å². The van der Waals surface area contributed by atoms with Crippen LogP contribution in [-0.4, -0.2) is 44.7 Å². The number of benzene rings is 1. The number of amides is 1. The van der Waals surface area contributed by atoms with Crippen LogP contribution in [0.1, 0.15) is 33.6 Å². The fourth-order valence-electron chi connectivity index (χ4n) is 2.95. The van der Waals surface area contributed by atoms with Crippen LogP contribution in [0.5, 0.6) is 0 Å². The number of aromatic nitrogens is 3. The van der Waals surface area contributed by atoms with Gasteiger partial charge in [0.2, 0.25) is 5.91 Å². The minimum Gasteiger partial charge on any atom is -0.376 e. The first kappa shape index (κ1) is 19.8. The quantitative estimate of drug-likeness (QED) is 0.764. The first-order valence-corrected chi connectivity index (χ1v) is 10.0. The largest absolute Gasteiger partial charge is 0.376 e. The molecule has 1 aromatic heterocycles. The molecule has 0 aliphatic carbocycles. The first-order valence-electron chi connectivity index (χ1n) is 9.06. The van der Waals surface area contributed by atoms with E-state index >= 15 is 0 Å². The molecular weight excluding hydrogens is 367 g/mol. The number of thioether (sulfide) groups is 1. The van der Waals surface area contributed by atoms with Crippen molar-refractivity contribution in [2.45, 2.75) is 57.0 Å². The summed E-state index contributed by atoms with van der Waals surface area (Å²) in [6.07, 6.45) is 2.12. The molecule has 0 bridgehead atoms. The van der Waals surface area contributed by atoms with Gasteiger partial charge in [-0.15, -0.1) is 10.2 Å². The molecule has 1 amide bonds. The Bertz CT molecular complexity index is 780. The van der Waals surface area contributed by atoms with E-state index in [0.29, 0.717) is 17.5 Å². The molecule has 1 N–H and O–H groups in total. The molecule has 0 radical (unpaired) electrons. The molecule has 1 fully saturated rings. The van der Waals surface area contributed by atoms with Crippen molar-refractivity contribution in [3.8, 4) is 11.4 Å². The van der Waals surface area contributed by atoms with Crippen LogP contribution in [0, 0.1) is 5.82 Å². The van der Waals surface area contributed by atoms with E-state index in [-0.39, 0.29) is 29.1 Å². The van der Waals surface area contributed by atoms with Crippen LogP contribution >= 0.6 is 11.8 Å². The van der Waals surface area contributed by atoms with Gasteiger partial charge in [-0.2, -0.15) is 0 Å². The maximum absolute atomic E-state index is 13.3. The molecule has 1 aliphatic rings. The SMILES string of the molecule is CC(C)(C)NC(=O)CSc1nnc(-c2ccc(F)cc2)n1CC1CCCO1. The molecule has 1 aromatic carbocycles. The Kier molecular flexibility index (Phi) is 6.16. The minimum atomic E-state index is -0.294. The fourth-order valence-corrected chi connectivity index (χ4v) is 3.70. The van der Waals surface area contributed by atoms with Gasteiger partial charge in [-0.05, 0) is 57.9 Å². The molecule has 1 unspecified atom stereocenters. The Morgan fingerprint density at radius 1 is 1.33 bits per heavy atom. The predicted octanol–water partition coefficient (Wildman–Crippen LogP) is 3.27. The van der Waals surface area contributed by atoms with Crippen LogP contribution < -0.4 is 5.32 Å². The van der Waals surface area contributed by atoms with Crippen LogP contribution in [0.4, 0.5) is 4.39 Å². The van der Waals surface area contributed by atoms with E-state index in [1.165, 1.54) is 23.9 Å². The van der Waals surface area contributed by atoms with E-state index in [1.807, 2.05) is 25.3 Å². The van der Waals surface area contributed by atoms with E-state index < -0.39 is 0 Å². The molecule has 6 nitrogen and oxygen atoms in total. The number of ether oxygens (including phenoxy) is 1. The van der Waals surface area contributed by atoms with Gasteiger partial charge in [0.1, 0.15) is 5.82 Å². The summed E-state index contributed by atoms with van der Waals surface area (Å²) >= 11 is 1.35. The summed E-state index contributed by atoms with van der Waals surface area (Å²) in [5.74, 6) is 0.564. The fraction of sp³-hybridized carbons (Fsp3) is 0.526.